The minimum absolute atomic E-state index is 0.0214. The van der Waals surface area contributed by atoms with Gasteiger partial charge in [0.05, 0.1) is 5.92 Å². The molecule has 162 valence electrons. The molecule has 1 heterocycles. The number of para-hydroxylation sites is 1. The Bertz CT molecular complexity index is 1030. The topological polar surface area (TPSA) is 63.6 Å². The number of aliphatic hydroxyl groups is 1. The maximum Gasteiger partial charge on any atom is 0.163 e. The summed E-state index contributed by atoms with van der Waals surface area (Å²) >= 11 is 0. The summed E-state index contributed by atoms with van der Waals surface area (Å²) in [6, 6.07) is 7.73. The number of rotatable bonds is 1. The zero-order chi connectivity index (χ0) is 21.2. The highest BCUT2D eigenvalue weighted by molar-refractivity contribution is 6.06. The monoisotopic (exact) mass is 418 g/mol. The fraction of sp³-hybridized carbons (Fsp3) is 0.556. The molecule has 1 atom stereocenters. The molecule has 5 aliphatic rings. The van der Waals surface area contributed by atoms with Gasteiger partial charge in [-0.1, -0.05) is 43.9 Å². The van der Waals surface area contributed by atoms with Gasteiger partial charge in [0, 0.05) is 42.4 Å². The van der Waals surface area contributed by atoms with E-state index in [4.69, 9.17) is 4.74 Å². The third-order valence-electron chi connectivity index (χ3n) is 8.73. The first-order valence-corrected chi connectivity index (χ1v) is 12.0. The second kappa shape index (κ2) is 6.82. The molecule has 1 aliphatic heterocycles. The van der Waals surface area contributed by atoms with Gasteiger partial charge < -0.3 is 9.84 Å². The summed E-state index contributed by atoms with van der Waals surface area (Å²) in [7, 11) is 0. The first-order valence-electron chi connectivity index (χ1n) is 12.0. The normalized spacial score (nSPS) is 28.8. The number of Topliss-reactive ketones (excluding diaryl/α,β-unsaturated/α-hetero) is 2. The van der Waals surface area contributed by atoms with E-state index >= 15 is 0 Å². The van der Waals surface area contributed by atoms with Crippen molar-refractivity contribution >= 4 is 11.6 Å². The summed E-state index contributed by atoms with van der Waals surface area (Å²) < 4.78 is 6.32. The lowest BCUT2D eigenvalue weighted by atomic mass is 9.64. The van der Waals surface area contributed by atoms with Gasteiger partial charge >= 0.3 is 0 Å². The average Bonchev–Trinajstić information content (AvgIpc) is 3.36. The molecule has 0 aromatic heterocycles. The van der Waals surface area contributed by atoms with Crippen LogP contribution in [0.15, 0.2) is 46.9 Å². The van der Waals surface area contributed by atoms with Crippen LogP contribution in [0.2, 0.25) is 0 Å². The first-order chi connectivity index (χ1) is 15.0. The Morgan fingerprint density at radius 1 is 0.774 bits per heavy atom. The molecule has 0 saturated heterocycles. The number of ether oxygens (including phenoxy) is 1. The van der Waals surface area contributed by atoms with Gasteiger partial charge in [0.15, 0.2) is 11.6 Å². The Kier molecular flexibility index (Phi) is 4.25. The van der Waals surface area contributed by atoms with Crippen LogP contribution in [0.1, 0.15) is 88.5 Å². The number of carbonyl (C=O) groups is 2. The van der Waals surface area contributed by atoms with E-state index in [9.17, 15) is 14.7 Å². The van der Waals surface area contributed by atoms with Gasteiger partial charge in [0.1, 0.15) is 17.3 Å². The molecule has 0 amide bonds. The lowest BCUT2D eigenvalue weighted by Gasteiger charge is -2.42. The van der Waals surface area contributed by atoms with Crippen molar-refractivity contribution in [2.45, 2.75) is 83.0 Å². The van der Waals surface area contributed by atoms with Crippen molar-refractivity contribution in [3.63, 3.8) is 0 Å². The Morgan fingerprint density at radius 2 is 1.35 bits per heavy atom. The molecule has 1 aromatic rings. The molecule has 4 aliphatic carbocycles. The zero-order valence-electron chi connectivity index (χ0n) is 18.0. The molecular formula is C27H30O4. The molecule has 2 spiro atoms. The number of hydrogen-bond donors (Lipinski definition) is 1. The van der Waals surface area contributed by atoms with Gasteiger partial charge in [0.2, 0.25) is 0 Å². The van der Waals surface area contributed by atoms with Gasteiger partial charge in [-0.3, -0.25) is 9.59 Å². The highest BCUT2D eigenvalue weighted by Gasteiger charge is 2.50. The van der Waals surface area contributed by atoms with Crippen molar-refractivity contribution in [1.82, 2.24) is 0 Å². The predicted molar refractivity (Wildman–Crippen MR) is 117 cm³/mol. The predicted octanol–water partition coefficient (Wildman–Crippen LogP) is 6.08. The summed E-state index contributed by atoms with van der Waals surface area (Å²) in [6.45, 7) is 0. The van der Waals surface area contributed by atoms with Crippen LogP contribution >= 0.6 is 0 Å². The van der Waals surface area contributed by atoms with Crippen molar-refractivity contribution in [3.05, 3.63) is 52.5 Å². The summed E-state index contributed by atoms with van der Waals surface area (Å²) in [6.07, 6.45) is 11.1. The number of fused-ring (bicyclic) bond motifs is 1. The van der Waals surface area contributed by atoms with Gasteiger partial charge in [-0.25, -0.2) is 0 Å². The first kappa shape index (κ1) is 19.3. The third-order valence-corrected chi connectivity index (χ3v) is 8.73. The SMILES string of the molecule is O=C1CC2(CCCC2)CC(O)=C1C1C2=C(CC3(CCCC3)CC2=O)Oc2ccccc21. The summed E-state index contributed by atoms with van der Waals surface area (Å²) in [4.78, 5) is 27.1. The van der Waals surface area contributed by atoms with E-state index in [1.807, 2.05) is 24.3 Å². The number of hydrogen-bond acceptors (Lipinski definition) is 4. The standard InChI is InChI=1S/C27H30O4/c28-18-13-26(9-3-4-10-26)14-19(29)24(18)23-17-7-1-2-8-21(17)31-22-16-27(11-5-6-12-27)15-20(30)25(22)23/h1-2,7-8,23,28H,3-6,9-16H2. The highest BCUT2D eigenvalue weighted by Crippen LogP contribution is 2.57. The van der Waals surface area contributed by atoms with Gasteiger partial charge in [0.25, 0.3) is 0 Å². The smallest absolute Gasteiger partial charge is 0.163 e. The Morgan fingerprint density at radius 3 is 2.00 bits per heavy atom. The molecule has 1 unspecified atom stereocenters. The van der Waals surface area contributed by atoms with Crippen LogP contribution in [0.5, 0.6) is 5.75 Å². The van der Waals surface area contributed by atoms with Crippen molar-refractivity contribution in [3.8, 4) is 5.75 Å². The highest BCUT2D eigenvalue weighted by atomic mass is 16.5. The van der Waals surface area contributed by atoms with E-state index in [0.29, 0.717) is 30.4 Å². The van der Waals surface area contributed by atoms with Crippen LogP contribution in [0.25, 0.3) is 0 Å². The molecular weight excluding hydrogens is 388 g/mol. The summed E-state index contributed by atoms with van der Waals surface area (Å²) in [5.74, 6) is 1.32. The van der Waals surface area contributed by atoms with Gasteiger partial charge in [-0.2, -0.15) is 0 Å². The molecule has 2 saturated carbocycles. The number of aliphatic hydroxyl groups excluding tert-OH is 1. The Labute approximate surface area is 183 Å². The van der Waals surface area contributed by atoms with E-state index in [1.165, 1.54) is 12.8 Å². The summed E-state index contributed by atoms with van der Waals surface area (Å²) in [5.41, 5.74) is 1.88. The quantitative estimate of drug-likeness (QED) is 0.601. The van der Waals surface area contributed by atoms with Crippen LogP contribution < -0.4 is 4.74 Å². The molecule has 1 aromatic carbocycles. The van der Waals surface area contributed by atoms with Gasteiger partial charge in [-0.15, -0.1) is 0 Å². The van der Waals surface area contributed by atoms with Crippen molar-refractivity contribution in [1.29, 1.82) is 0 Å². The number of benzene rings is 1. The van der Waals surface area contributed by atoms with E-state index in [2.05, 4.69) is 0 Å². The second-order valence-electron chi connectivity index (χ2n) is 10.7. The molecule has 2 fully saturated rings. The molecule has 6 rings (SSSR count). The number of allylic oxidation sites excluding steroid dienone is 4. The van der Waals surface area contributed by atoms with Crippen LogP contribution in [0, 0.1) is 10.8 Å². The molecule has 0 radical (unpaired) electrons. The Hall–Kier alpha value is -2.36. The minimum atomic E-state index is -0.488. The molecule has 4 heteroatoms. The van der Waals surface area contributed by atoms with Crippen molar-refractivity contribution in [2.75, 3.05) is 0 Å². The number of carbonyl (C=O) groups excluding carboxylic acids is 2. The molecule has 0 bridgehead atoms. The molecule has 4 nitrogen and oxygen atoms in total. The van der Waals surface area contributed by atoms with Crippen molar-refractivity contribution in [2.24, 2.45) is 10.8 Å². The zero-order valence-corrected chi connectivity index (χ0v) is 18.0. The van der Waals surface area contributed by atoms with E-state index < -0.39 is 5.92 Å². The largest absolute Gasteiger partial charge is 0.512 e. The third kappa shape index (κ3) is 2.94. The van der Waals surface area contributed by atoms with Crippen LogP contribution in [-0.2, 0) is 9.59 Å². The van der Waals surface area contributed by atoms with Crippen molar-refractivity contribution < 1.29 is 19.4 Å². The second-order valence-corrected chi connectivity index (χ2v) is 10.7. The maximum absolute atomic E-state index is 13.6. The summed E-state index contributed by atoms with van der Waals surface area (Å²) in [5, 5.41) is 11.2. The fourth-order valence-electron chi connectivity index (χ4n) is 7.30. The maximum atomic E-state index is 13.6. The molecule has 31 heavy (non-hydrogen) atoms. The minimum Gasteiger partial charge on any atom is -0.512 e. The lowest BCUT2D eigenvalue weighted by Crippen LogP contribution is -2.37. The van der Waals surface area contributed by atoms with Crippen LogP contribution in [-0.4, -0.2) is 16.7 Å². The van der Waals surface area contributed by atoms with E-state index in [1.54, 1.807) is 0 Å². The van der Waals surface area contributed by atoms with Crippen LogP contribution in [0.3, 0.4) is 0 Å². The Balaban J connectivity index is 1.49. The fourth-order valence-corrected chi connectivity index (χ4v) is 7.30. The van der Waals surface area contributed by atoms with Crippen LogP contribution in [0.4, 0.5) is 0 Å². The number of ketones is 2. The average molecular weight is 419 g/mol. The van der Waals surface area contributed by atoms with Gasteiger partial charge in [-0.05, 0) is 42.6 Å². The molecule has 1 N–H and O–H groups in total. The van der Waals surface area contributed by atoms with E-state index in [-0.39, 0.29) is 28.2 Å². The van der Waals surface area contributed by atoms with E-state index in [0.717, 1.165) is 62.0 Å². The lowest BCUT2D eigenvalue weighted by molar-refractivity contribution is -0.119.